The molecule has 0 spiro atoms. The van der Waals surface area contributed by atoms with Crippen molar-refractivity contribution >= 4 is 11.9 Å². The molecule has 126 valence electrons. The minimum atomic E-state index is -4.52. The third kappa shape index (κ3) is 4.00. The molecule has 0 saturated heterocycles. The molecule has 0 aliphatic heterocycles. The zero-order valence-corrected chi connectivity index (χ0v) is 12.3. The van der Waals surface area contributed by atoms with Gasteiger partial charge in [-0.25, -0.2) is 0 Å². The van der Waals surface area contributed by atoms with Gasteiger partial charge in [-0.15, -0.1) is 0 Å². The molecule has 2 rings (SSSR count). The number of pyridine rings is 1. The van der Waals surface area contributed by atoms with Gasteiger partial charge in [-0.05, 0) is 25.0 Å². The van der Waals surface area contributed by atoms with Gasteiger partial charge in [0, 0.05) is 12.7 Å². The molecule has 1 aliphatic rings. The number of hydrogen-bond acceptors (Lipinski definition) is 3. The highest BCUT2D eigenvalue weighted by Gasteiger charge is 2.40. The van der Waals surface area contributed by atoms with Crippen molar-refractivity contribution in [3.05, 3.63) is 29.6 Å². The van der Waals surface area contributed by atoms with Crippen LogP contribution in [0.5, 0.6) is 0 Å². The molecule has 0 atom stereocenters. The Morgan fingerprint density at radius 1 is 1.22 bits per heavy atom. The number of rotatable bonds is 4. The second-order valence-electron chi connectivity index (χ2n) is 5.76. The lowest BCUT2D eigenvalue weighted by molar-refractivity contribution is -0.150. The van der Waals surface area contributed by atoms with Crippen molar-refractivity contribution in [1.29, 1.82) is 0 Å². The van der Waals surface area contributed by atoms with Crippen LogP contribution in [0.1, 0.15) is 48.2 Å². The van der Waals surface area contributed by atoms with E-state index in [1.807, 2.05) is 0 Å². The maximum absolute atomic E-state index is 12.4. The largest absolute Gasteiger partial charge is 0.481 e. The van der Waals surface area contributed by atoms with Crippen molar-refractivity contribution in [3.8, 4) is 0 Å². The van der Waals surface area contributed by atoms with E-state index in [0.29, 0.717) is 19.0 Å². The minimum Gasteiger partial charge on any atom is -0.481 e. The molecular weight excluding hydrogens is 313 g/mol. The molecular formula is C15H17F3N2O3. The number of aliphatic carboxylic acids is 1. The second kappa shape index (κ2) is 6.55. The number of hydrogen-bond donors (Lipinski definition) is 2. The Hall–Kier alpha value is -2.12. The van der Waals surface area contributed by atoms with Crippen LogP contribution in [0.4, 0.5) is 13.2 Å². The highest BCUT2D eigenvalue weighted by molar-refractivity contribution is 5.92. The Morgan fingerprint density at radius 2 is 1.87 bits per heavy atom. The zero-order chi connectivity index (χ0) is 17.1. The summed E-state index contributed by atoms with van der Waals surface area (Å²) in [5, 5.41) is 11.9. The average molecular weight is 330 g/mol. The van der Waals surface area contributed by atoms with Gasteiger partial charge in [0.15, 0.2) is 0 Å². The van der Waals surface area contributed by atoms with E-state index in [9.17, 15) is 27.9 Å². The van der Waals surface area contributed by atoms with Gasteiger partial charge in [-0.2, -0.15) is 13.2 Å². The molecule has 5 nitrogen and oxygen atoms in total. The smallest absolute Gasteiger partial charge is 0.417 e. The first-order valence-corrected chi connectivity index (χ1v) is 7.29. The molecule has 0 radical (unpaired) electrons. The normalized spacial score (nSPS) is 17.5. The summed E-state index contributed by atoms with van der Waals surface area (Å²) in [5.41, 5.74) is -2.11. The Labute approximate surface area is 130 Å². The van der Waals surface area contributed by atoms with Crippen molar-refractivity contribution in [2.75, 3.05) is 6.54 Å². The lowest BCUT2D eigenvalue weighted by atomic mass is 9.74. The van der Waals surface area contributed by atoms with Crippen LogP contribution in [0.3, 0.4) is 0 Å². The van der Waals surface area contributed by atoms with E-state index in [2.05, 4.69) is 10.3 Å². The van der Waals surface area contributed by atoms with Crippen LogP contribution in [0.15, 0.2) is 18.3 Å². The molecule has 0 bridgehead atoms. The van der Waals surface area contributed by atoms with Crippen LogP contribution in [0.2, 0.25) is 0 Å². The zero-order valence-electron chi connectivity index (χ0n) is 12.3. The van der Waals surface area contributed by atoms with E-state index >= 15 is 0 Å². The van der Waals surface area contributed by atoms with Crippen LogP contribution in [-0.4, -0.2) is 28.5 Å². The fourth-order valence-corrected chi connectivity index (χ4v) is 2.73. The molecule has 1 saturated carbocycles. The SMILES string of the molecule is O=C(NCC1(C(=O)O)CCCCC1)c1ccc(C(F)(F)F)cn1. The summed E-state index contributed by atoms with van der Waals surface area (Å²) in [6.07, 6.45) is -0.461. The molecule has 0 unspecified atom stereocenters. The van der Waals surface area contributed by atoms with E-state index in [1.54, 1.807) is 0 Å². The van der Waals surface area contributed by atoms with Gasteiger partial charge < -0.3 is 10.4 Å². The first-order valence-electron chi connectivity index (χ1n) is 7.29. The molecule has 1 aromatic heterocycles. The summed E-state index contributed by atoms with van der Waals surface area (Å²) in [5.74, 6) is -1.64. The lowest BCUT2D eigenvalue weighted by Gasteiger charge is -2.33. The Balaban J connectivity index is 2.02. The van der Waals surface area contributed by atoms with Gasteiger partial charge in [0.05, 0.1) is 11.0 Å². The van der Waals surface area contributed by atoms with E-state index in [4.69, 9.17) is 0 Å². The molecule has 8 heteroatoms. The van der Waals surface area contributed by atoms with Crippen LogP contribution < -0.4 is 5.32 Å². The lowest BCUT2D eigenvalue weighted by Crippen LogP contribution is -2.44. The van der Waals surface area contributed by atoms with E-state index in [1.165, 1.54) is 0 Å². The fraction of sp³-hybridized carbons (Fsp3) is 0.533. The summed E-state index contributed by atoms with van der Waals surface area (Å²) in [4.78, 5) is 27.0. The second-order valence-corrected chi connectivity index (χ2v) is 5.76. The van der Waals surface area contributed by atoms with Crippen molar-refractivity contribution < 1.29 is 27.9 Å². The maximum atomic E-state index is 12.4. The fourth-order valence-electron chi connectivity index (χ4n) is 2.73. The molecule has 1 aromatic rings. The molecule has 1 aliphatic carbocycles. The number of carbonyl (C=O) groups is 2. The van der Waals surface area contributed by atoms with Crippen molar-refractivity contribution in [2.24, 2.45) is 5.41 Å². The first kappa shape index (κ1) is 17.2. The number of carbonyl (C=O) groups excluding carboxylic acids is 1. The van der Waals surface area contributed by atoms with Gasteiger partial charge in [-0.3, -0.25) is 14.6 Å². The Kier molecular flexibility index (Phi) is 4.91. The number of nitrogens with zero attached hydrogens (tertiary/aromatic N) is 1. The quantitative estimate of drug-likeness (QED) is 0.890. The van der Waals surface area contributed by atoms with Gasteiger partial charge >= 0.3 is 12.1 Å². The summed E-state index contributed by atoms with van der Waals surface area (Å²) < 4.78 is 37.3. The van der Waals surface area contributed by atoms with Crippen LogP contribution in [0, 0.1) is 5.41 Å². The van der Waals surface area contributed by atoms with E-state index < -0.39 is 29.0 Å². The van der Waals surface area contributed by atoms with Gasteiger partial charge in [-0.1, -0.05) is 19.3 Å². The highest BCUT2D eigenvalue weighted by atomic mass is 19.4. The van der Waals surface area contributed by atoms with Crippen LogP contribution in [0.25, 0.3) is 0 Å². The summed E-state index contributed by atoms with van der Waals surface area (Å²) >= 11 is 0. The topological polar surface area (TPSA) is 79.3 Å². The molecule has 2 N–H and O–H groups in total. The summed E-state index contributed by atoms with van der Waals surface area (Å²) in [6, 6.07) is 1.75. The number of amides is 1. The number of carboxylic acids is 1. The third-order valence-electron chi connectivity index (χ3n) is 4.18. The Bertz CT molecular complexity index is 579. The molecule has 0 aromatic carbocycles. The molecule has 1 heterocycles. The van der Waals surface area contributed by atoms with Crippen LogP contribution >= 0.6 is 0 Å². The van der Waals surface area contributed by atoms with Crippen molar-refractivity contribution in [2.45, 2.75) is 38.3 Å². The number of alkyl halides is 3. The summed E-state index contributed by atoms with van der Waals surface area (Å²) in [7, 11) is 0. The van der Waals surface area contributed by atoms with Crippen molar-refractivity contribution in [3.63, 3.8) is 0 Å². The first-order chi connectivity index (χ1) is 10.7. The van der Waals surface area contributed by atoms with E-state index in [0.717, 1.165) is 31.4 Å². The average Bonchev–Trinajstić information content (AvgIpc) is 2.52. The summed E-state index contributed by atoms with van der Waals surface area (Å²) in [6.45, 7) is -0.0517. The van der Waals surface area contributed by atoms with Crippen LogP contribution in [-0.2, 0) is 11.0 Å². The maximum Gasteiger partial charge on any atom is 0.417 e. The standard InChI is InChI=1S/C15H17F3N2O3/c16-15(17,18)10-4-5-11(19-8-10)12(21)20-9-14(13(22)23)6-2-1-3-7-14/h4-5,8H,1-3,6-7,9H2,(H,20,21)(H,22,23). The molecule has 23 heavy (non-hydrogen) atoms. The Morgan fingerprint density at radius 3 is 2.35 bits per heavy atom. The number of aromatic nitrogens is 1. The predicted octanol–water partition coefficient (Wildman–Crippen LogP) is 2.87. The highest BCUT2D eigenvalue weighted by Crippen LogP contribution is 2.36. The number of halogens is 3. The van der Waals surface area contributed by atoms with E-state index in [-0.39, 0.29) is 12.2 Å². The van der Waals surface area contributed by atoms with Gasteiger partial charge in [0.2, 0.25) is 0 Å². The predicted molar refractivity (Wildman–Crippen MR) is 74.7 cm³/mol. The minimum absolute atomic E-state index is 0.0517. The number of nitrogens with one attached hydrogen (secondary N) is 1. The monoisotopic (exact) mass is 330 g/mol. The third-order valence-corrected chi connectivity index (χ3v) is 4.18. The van der Waals surface area contributed by atoms with Gasteiger partial charge in [0.1, 0.15) is 5.69 Å². The van der Waals surface area contributed by atoms with Gasteiger partial charge in [0.25, 0.3) is 5.91 Å². The molecule has 1 amide bonds. The van der Waals surface area contributed by atoms with Crippen molar-refractivity contribution in [1.82, 2.24) is 10.3 Å². The molecule has 1 fully saturated rings. The number of carboxylic acid groups (broad SMARTS) is 1.